The maximum atomic E-state index is 11.9. The van der Waals surface area contributed by atoms with E-state index in [1.807, 2.05) is 34.6 Å². The molecule has 94 valence electrons. The number of methoxy groups -OCH3 is 1. The SMILES string of the molecule is COC(=O)N[C@H](C(=O)NC(C)(C)C)C(C)C. The molecule has 5 heteroatoms. The first-order valence-electron chi connectivity index (χ1n) is 5.34. The van der Waals surface area contributed by atoms with Gasteiger partial charge >= 0.3 is 6.09 Å². The first-order valence-corrected chi connectivity index (χ1v) is 5.34. The van der Waals surface area contributed by atoms with Gasteiger partial charge < -0.3 is 15.4 Å². The normalized spacial score (nSPS) is 13.2. The van der Waals surface area contributed by atoms with Gasteiger partial charge in [-0.25, -0.2) is 4.79 Å². The highest BCUT2D eigenvalue weighted by atomic mass is 16.5. The van der Waals surface area contributed by atoms with Crippen molar-refractivity contribution in [1.82, 2.24) is 10.6 Å². The van der Waals surface area contributed by atoms with Crippen molar-refractivity contribution in [2.24, 2.45) is 5.92 Å². The number of ether oxygens (including phenoxy) is 1. The number of nitrogens with one attached hydrogen (secondary N) is 2. The van der Waals surface area contributed by atoms with Gasteiger partial charge in [0.1, 0.15) is 6.04 Å². The summed E-state index contributed by atoms with van der Waals surface area (Å²) in [5.74, 6) is -0.200. The minimum atomic E-state index is -0.595. The van der Waals surface area contributed by atoms with E-state index in [1.165, 1.54) is 7.11 Å². The van der Waals surface area contributed by atoms with Crippen LogP contribution < -0.4 is 10.6 Å². The van der Waals surface area contributed by atoms with Gasteiger partial charge in [0, 0.05) is 5.54 Å². The summed E-state index contributed by atoms with van der Waals surface area (Å²) in [5, 5.41) is 5.34. The first-order chi connectivity index (χ1) is 7.17. The second-order valence-electron chi connectivity index (χ2n) is 5.10. The number of hydrogen-bond acceptors (Lipinski definition) is 3. The molecule has 2 N–H and O–H groups in total. The highest BCUT2D eigenvalue weighted by molar-refractivity contribution is 5.86. The monoisotopic (exact) mass is 230 g/mol. The molecule has 16 heavy (non-hydrogen) atoms. The Morgan fingerprint density at radius 2 is 1.69 bits per heavy atom. The van der Waals surface area contributed by atoms with E-state index in [2.05, 4.69) is 15.4 Å². The van der Waals surface area contributed by atoms with Gasteiger partial charge in [0.2, 0.25) is 5.91 Å². The summed E-state index contributed by atoms with van der Waals surface area (Å²) in [7, 11) is 1.27. The van der Waals surface area contributed by atoms with E-state index >= 15 is 0 Å². The molecule has 1 atom stereocenters. The topological polar surface area (TPSA) is 67.4 Å². The van der Waals surface area contributed by atoms with Gasteiger partial charge in [0.05, 0.1) is 7.11 Å². The summed E-state index contributed by atoms with van der Waals surface area (Å²) in [6, 6.07) is -0.577. The smallest absolute Gasteiger partial charge is 0.407 e. The highest BCUT2D eigenvalue weighted by Crippen LogP contribution is 2.06. The lowest BCUT2D eigenvalue weighted by Crippen LogP contribution is -2.54. The maximum absolute atomic E-state index is 11.9. The lowest BCUT2D eigenvalue weighted by Gasteiger charge is -2.27. The van der Waals surface area contributed by atoms with Gasteiger partial charge in [-0.1, -0.05) is 13.8 Å². The molecule has 0 fully saturated rings. The number of carbonyl (C=O) groups is 2. The van der Waals surface area contributed by atoms with Crippen LogP contribution in [0.2, 0.25) is 0 Å². The van der Waals surface area contributed by atoms with Crippen molar-refractivity contribution in [2.45, 2.75) is 46.2 Å². The summed E-state index contributed by atoms with van der Waals surface area (Å²) in [6.07, 6.45) is -0.595. The average molecular weight is 230 g/mol. The van der Waals surface area contributed by atoms with Crippen LogP contribution in [0, 0.1) is 5.92 Å². The Bertz CT molecular complexity index is 256. The molecule has 2 amide bonds. The molecule has 0 aromatic heterocycles. The van der Waals surface area contributed by atoms with Crippen LogP contribution in [0.5, 0.6) is 0 Å². The molecule has 0 saturated heterocycles. The fraction of sp³-hybridized carbons (Fsp3) is 0.818. The fourth-order valence-electron chi connectivity index (χ4n) is 1.17. The standard InChI is InChI=1S/C11H22N2O3/c1-7(2)8(12-10(15)16-6)9(14)13-11(3,4)5/h7-8H,1-6H3,(H,12,15)(H,13,14)/t8-/m0/s1. The van der Waals surface area contributed by atoms with E-state index in [-0.39, 0.29) is 17.4 Å². The van der Waals surface area contributed by atoms with E-state index in [1.54, 1.807) is 0 Å². The molecule has 0 aliphatic heterocycles. The molecule has 5 nitrogen and oxygen atoms in total. The van der Waals surface area contributed by atoms with Crippen molar-refractivity contribution in [3.63, 3.8) is 0 Å². The molecule has 0 aliphatic rings. The summed E-state index contributed by atoms with van der Waals surface area (Å²) in [4.78, 5) is 23.0. The number of rotatable bonds is 3. The van der Waals surface area contributed by atoms with Gasteiger partial charge in [-0.2, -0.15) is 0 Å². The minimum absolute atomic E-state index is 0.00134. The molecule has 0 rings (SSSR count). The predicted molar refractivity (Wildman–Crippen MR) is 62.1 cm³/mol. The van der Waals surface area contributed by atoms with Gasteiger partial charge in [-0.3, -0.25) is 4.79 Å². The fourth-order valence-corrected chi connectivity index (χ4v) is 1.17. The van der Waals surface area contributed by atoms with E-state index in [9.17, 15) is 9.59 Å². The van der Waals surface area contributed by atoms with E-state index in [4.69, 9.17) is 0 Å². The number of carbonyl (C=O) groups excluding carboxylic acids is 2. The van der Waals surface area contributed by atoms with Crippen molar-refractivity contribution < 1.29 is 14.3 Å². The van der Waals surface area contributed by atoms with Crippen LogP contribution >= 0.6 is 0 Å². The minimum Gasteiger partial charge on any atom is -0.453 e. The largest absolute Gasteiger partial charge is 0.453 e. The molecule has 0 spiro atoms. The lowest BCUT2D eigenvalue weighted by molar-refractivity contribution is -0.125. The van der Waals surface area contributed by atoms with Crippen LogP contribution in [0.25, 0.3) is 0 Å². The number of amides is 2. The summed E-state index contributed by atoms with van der Waals surface area (Å²) in [6.45, 7) is 9.40. The van der Waals surface area contributed by atoms with Gasteiger partial charge in [-0.05, 0) is 26.7 Å². The predicted octanol–water partition coefficient (Wildman–Crippen LogP) is 1.28. The Kier molecular flexibility index (Phi) is 5.27. The Labute approximate surface area is 96.9 Å². The zero-order valence-electron chi connectivity index (χ0n) is 10.9. The molecule has 0 saturated carbocycles. The Morgan fingerprint density at radius 3 is 2.00 bits per heavy atom. The molecule has 0 aromatic carbocycles. The van der Waals surface area contributed by atoms with Crippen LogP contribution in [-0.4, -0.2) is 30.7 Å². The highest BCUT2D eigenvalue weighted by Gasteiger charge is 2.27. The second-order valence-corrected chi connectivity index (χ2v) is 5.10. The molecule has 0 heterocycles. The molecule has 0 unspecified atom stereocenters. The van der Waals surface area contributed by atoms with Gasteiger partial charge in [0.15, 0.2) is 0 Å². The van der Waals surface area contributed by atoms with Crippen LogP contribution in [0.15, 0.2) is 0 Å². The molecular weight excluding hydrogens is 208 g/mol. The number of alkyl carbamates (subject to hydrolysis) is 1. The van der Waals surface area contributed by atoms with Crippen LogP contribution in [0.1, 0.15) is 34.6 Å². The third kappa shape index (κ3) is 5.58. The van der Waals surface area contributed by atoms with Crippen LogP contribution in [0.3, 0.4) is 0 Å². The molecule has 0 aromatic rings. The lowest BCUT2D eigenvalue weighted by atomic mass is 10.0. The van der Waals surface area contributed by atoms with E-state index in [0.717, 1.165) is 0 Å². The van der Waals surface area contributed by atoms with Gasteiger partial charge in [0.25, 0.3) is 0 Å². The van der Waals surface area contributed by atoms with E-state index in [0.29, 0.717) is 0 Å². The maximum Gasteiger partial charge on any atom is 0.407 e. The van der Waals surface area contributed by atoms with E-state index < -0.39 is 12.1 Å². The first kappa shape index (κ1) is 14.7. The Morgan fingerprint density at radius 1 is 1.19 bits per heavy atom. The Balaban J connectivity index is 4.54. The van der Waals surface area contributed by atoms with Crippen molar-refractivity contribution in [3.8, 4) is 0 Å². The van der Waals surface area contributed by atoms with Crippen molar-refractivity contribution >= 4 is 12.0 Å². The average Bonchev–Trinajstić information content (AvgIpc) is 2.09. The molecular formula is C11H22N2O3. The third-order valence-electron chi connectivity index (χ3n) is 1.91. The molecule has 0 radical (unpaired) electrons. The molecule has 0 aliphatic carbocycles. The quantitative estimate of drug-likeness (QED) is 0.767. The summed E-state index contributed by atoms with van der Waals surface area (Å²) >= 11 is 0. The zero-order chi connectivity index (χ0) is 12.9. The van der Waals surface area contributed by atoms with Crippen LogP contribution in [-0.2, 0) is 9.53 Å². The number of hydrogen-bond donors (Lipinski definition) is 2. The van der Waals surface area contributed by atoms with Gasteiger partial charge in [-0.15, -0.1) is 0 Å². The Hall–Kier alpha value is -1.26. The van der Waals surface area contributed by atoms with Crippen LogP contribution in [0.4, 0.5) is 4.79 Å². The summed E-state index contributed by atoms with van der Waals surface area (Å²) < 4.78 is 4.48. The zero-order valence-corrected chi connectivity index (χ0v) is 10.9. The van der Waals surface area contributed by atoms with Crippen molar-refractivity contribution in [2.75, 3.05) is 7.11 Å². The van der Waals surface area contributed by atoms with Crippen molar-refractivity contribution in [3.05, 3.63) is 0 Å². The third-order valence-corrected chi connectivity index (χ3v) is 1.91. The summed E-state index contributed by atoms with van der Waals surface area (Å²) in [5.41, 5.74) is -0.317. The molecule has 0 bridgehead atoms. The second kappa shape index (κ2) is 5.72. The van der Waals surface area contributed by atoms with Crippen molar-refractivity contribution in [1.29, 1.82) is 0 Å².